The summed E-state index contributed by atoms with van der Waals surface area (Å²) in [5, 5.41) is 1.57. The van der Waals surface area contributed by atoms with Crippen LogP contribution in [0.5, 0.6) is 0 Å². The minimum Gasteiger partial charge on any atom is -0.338 e. The zero-order valence-electron chi connectivity index (χ0n) is 11.3. The number of rotatable bonds is 5. The van der Waals surface area contributed by atoms with Crippen LogP contribution in [0.3, 0.4) is 0 Å². The lowest BCUT2D eigenvalue weighted by molar-refractivity contribution is 0.0767. The molecule has 4 heteroatoms. The van der Waals surface area contributed by atoms with E-state index in [4.69, 9.17) is 11.6 Å². The van der Waals surface area contributed by atoms with Crippen molar-refractivity contribution in [3.05, 3.63) is 34.2 Å². The number of nitrogens with zero attached hydrogens (tertiary/aromatic N) is 1. The van der Waals surface area contributed by atoms with E-state index in [1.54, 1.807) is 0 Å². The Balaban J connectivity index is 2.32. The number of hydrogen-bond donors (Lipinski definition) is 0. The number of fused-ring (bicyclic) bond motifs is 1. The summed E-state index contributed by atoms with van der Waals surface area (Å²) in [4.78, 5) is 15.1. The number of thiophene rings is 1. The lowest BCUT2D eigenvalue weighted by atomic mass is 10.2. The van der Waals surface area contributed by atoms with E-state index in [-0.39, 0.29) is 5.91 Å². The van der Waals surface area contributed by atoms with E-state index in [2.05, 4.69) is 6.92 Å². The molecule has 1 aromatic carbocycles. The maximum atomic E-state index is 12.5. The SMILES string of the molecule is CCCCN(CC)C(=O)c1sc2ccccc2c1Cl. The number of unbranched alkanes of at least 4 members (excludes halogenated alkanes) is 1. The van der Waals surface area contributed by atoms with Crippen molar-refractivity contribution in [1.29, 1.82) is 0 Å². The molecule has 1 amide bonds. The molecule has 0 bridgehead atoms. The van der Waals surface area contributed by atoms with Crippen LogP contribution in [0.25, 0.3) is 10.1 Å². The van der Waals surface area contributed by atoms with Gasteiger partial charge in [0.2, 0.25) is 0 Å². The Bertz CT molecular complexity index is 579. The monoisotopic (exact) mass is 295 g/mol. The fourth-order valence-electron chi connectivity index (χ4n) is 2.05. The Morgan fingerprint density at radius 1 is 1.32 bits per heavy atom. The Kier molecular flexibility index (Phi) is 4.83. The smallest absolute Gasteiger partial charge is 0.265 e. The van der Waals surface area contributed by atoms with E-state index < -0.39 is 0 Å². The van der Waals surface area contributed by atoms with Gasteiger partial charge in [0.25, 0.3) is 5.91 Å². The molecule has 0 aliphatic rings. The first-order valence-electron chi connectivity index (χ1n) is 6.65. The summed E-state index contributed by atoms with van der Waals surface area (Å²) in [6.45, 7) is 5.67. The first-order valence-corrected chi connectivity index (χ1v) is 7.84. The Hall–Kier alpha value is -1.06. The van der Waals surface area contributed by atoms with E-state index >= 15 is 0 Å². The molecule has 2 nitrogen and oxygen atoms in total. The number of halogens is 1. The molecular formula is C15H18ClNOS. The predicted molar refractivity (Wildman–Crippen MR) is 83.3 cm³/mol. The quantitative estimate of drug-likeness (QED) is 0.774. The Morgan fingerprint density at radius 3 is 2.68 bits per heavy atom. The van der Waals surface area contributed by atoms with Gasteiger partial charge in [0.15, 0.2) is 0 Å². The molecule has 0 atom stereocenters. The number of benzene rings is 1. The molecule has 0 unspecified atom stereocenters. The Labute approximate surface area is 123 Å². The molecule has 0 spiro atoms. The first kappa shape index (κ1) is 14.4. The maximum Gasteiger partial charge on any atom is 0.265 e. The van der Waals surface area contributed by atoms with E-state index in [1.807, 2.05) is 36.1 Å². The van der Waals surface area contributed by atoms with E-state index in [9.17, 15) is 4.79 Å². The summed E-state index contributed by atoms with van der Waals surface area (Å²) in [5.41, 5.74) is 0. The molecule has 2 rings (SSSR count). The summed E-state index contributed by atoms with van der Waals surface area (Å²) >= 11 is 7.84. The maximum absolute atomic E-state index is 12.5. The van der Waals surface area contributed by atoms with Crippen LogP contribution in [0.1, 0.15) is 36.4 Å². The van der Waals surface area contributed by atoms with Gasteiger partial charge in [-0.05, 0) is 19.4 Å². The molecule has 0 radical (unpaired) electrons. The lowest BCUT2D eigenvalue weighted by Crippen LogP contribution is -2.31. The van der Waals surface area contributed by atoms with Gasteiger partial charge in [0.1, 0.15) is 4.88 Å². The third-order valence-electron chi connectivity index (χ3n) is 3.18. The lowest BCUT2D eigenvalue weighted by Gasteiger charge is -2.19. The van der Waals surface area contributed by atoms with Crippen LogP contribution < -0.4 is 0 Å². The van der Waals surface area contributed by atoms with E-state index in [1.165, 1.54) is 11.3 Å². The van der Waals surface area contributed by atoms with Crippen molar-refractivity contribution in [2.24, 2.45) is 0 Å². The molecule has 1 aromatic heterocycles. The predicted octanol–water partition coefficient (Wildman–Crippen LogP) is 4.82. The van der Waals surface area contributed by atoms with Crippen molar-refractivity contribution < 1.29 is 4.79 Å². The van der Waals surface area contributed by atoms with Gasteiger partial charge in [0, 0.05) is 23.2 Å². The summed E-state index contributed by atoms with van der Waals surface area (Å²) in [6.07, 6.45) is 2.12. The van der Waals surface area contributed by atoms with Crippen LogP contribution in [0.2, 0.25) is 5.02 Å². The fraction of sp³-hybridized carbons (Fsp3) is 0.400. The largest absolute Gasteiger partial charge is 0.338 e. The molecule has 0 aliphatic carbocycles. The van der Waals surface area contributed by atoms with Crippen LogP contribution >= 0.6 is 22.9 Å². The highest BCUT2D eigenvalue weighted by Gasteiger charge is 2.21. The normalized spacial score (nSPS) is 10.9. The fourth-order valence-corrected chi connectivity index (χ4v) is 3.53. The number of amides is 1. The Morgan fingerprint density at radius 2 is 2.05 bits per heavy atom. The van der Waals surface area contributed by atoms with Crippen molar-refractivity contribution in [3.63, 3.8) is 0 Å². The minimum absolute atomic E-state index is 0.0575. The summed E-state index contributed by atoms with van der Waals surface area (Å²) in [6, 6.07) is 7.89. The molecule has 102 valence electrons. The summed E-state index contributed by atoms with van der Waals surface area (Å²) in [7, 11) is 0. The number of carbonyl (C=O) groups excluding carboxylic acids is 1. The van der Waals surface area contributed by atoms with Crippen LogP contribution in [0.15, 0.2) is 24.3 Å². The van der Waals surface area contributed by atoms with Crippen LogP contribution in [0, 0.1) is 0 Å². The second-order valence-electron chi connectivity index (χ2n) is 4.48. The second kappa shape index (κ2) is 6.40. The van der Waals surface area contributed by atoms with Gasteiger partial charge in [-0.15, -0.1) is 11.3 Å². The van der Waals surface area contributed by atoms with Crippen LogP contribution in [-0.4, -0.2) is 23.9 Å². The van der Waals surface area contributed by atoms with Gasteiger partial charge in [0.05, 0.1) is 5.02 Å². The van der Waals surface area contributed by atoms with Gasteiger partial charge >= 0.3 is 0 Å². The standard InChI is InChI=1S/C15H18ClNOS/c1-3-5-10-17(4-2)15(18)14-13(16)11-8-6-7-9-12(11)19-14/h6-9H,3-5,10H2,1-2H3. The van der Waals surface area contributed by atoms with Crippen LogP contribution in [0.4, 0.5) is 0 Å². The number of carbonyl (C=O) groups is 1. The zero-order chi connectivity index (χ0) is 13.8. The first-order chi connectivity index (χ1) is 9.19. The third-order valence-corrected chi connectivity index (χ3v) is 4.84. The van der Waals surface area contributed by atoms with Crippen molar-refractivity contribution in [2.75, 3.05) is 13.1 Å². The van der Waals surface area contributed by atoms with E-state index in [0.717, 1.165) is 36.0 Å². The average Bonchev–Trinajstić information content (AvgIpc) is 2.77. The zero-order valence-corrected chi connectivity index (χ0v) is 12.9. The molecule has 0 aliphatic heterocycles. The van der Waals surface area contributed by atoms with Gasteiger partial charge in [-0.3, -0.25) is 4.79 Å². The number of hydrogen-bond acceptors (Lipinski definition) is 2. The second-order valence-corrected chi connectivity index (χ2v) is 5.91. The summed E-state index contributed by atoms with van der Waals surface area (Å²) in [5.74, 6) is 0.0575. The third kappa shape index (κ3) is 2.93. The van der Waals surface area contributed by atoms with Crippen molar-refractivity contribution in [1.82, 2.24) is 4.90 Å². The molecule has 0 saturated carbocycles. The highest BCUT2D eigenvalue weighted by Crippen LogP contribution is 2.35. The topological polar surface area (TPSA) is 20.3 Å². The summed E-state index contributed by atoms with van der Waals surface area (Å²) < 4.78 is 1.07. The van der Waals surface area contributed by atoms with Gasteiger partial charge in [-0.2, -0.15) is 0 Å². The van der Waals surface area contributed by atoms with Gasteiger partial charge in [-0.25, -0.2) is 0 Å². The molecule has 19 heavy (non-hydrogen) atoms. The van der Waals surface area contributed by atoms with E-state index in [0.29, 0.717) is 9.90 Å². The van der Waals surface area contributed by atoms with Crippen LogP contribution in [-0.2, 0) is 0 Å². The van der Waals surface area contributed by atoms with Crippen molar-refractivity contribution >= 4 is 38.9 Å². The molecule has 0 N–H and O–H groups in total. The molecule has 0 fully saturated rings. The van der Waals surface area contributed by atoms with Gasteiger partial charge < -0.3 is 4.90 Å². The molecule has 2 aromatic rings. The van der Waals surface area contributed by atoms with Gasteiger partial charge in [-0.1, -0.05) is 43.1 Å². The minimum atomic E-state index is 0.0575. The molecule has 1 heterocycles. The highest BCUT2D eigenvalue weighted by atomic mass is 35.5. The highest BCUT2D eigenvalue weighted by molar-refractivity contribution is 7.21. The van der Waals surface area contributed by atoms with Crippen molar-refractivity contribution in [3.8, 4) is 0 Å². The average molecular weight is 296 g/mol. The van der Waals surface area contributed by atoms with Crippen molar-refractivity contribution in [2.45, 2.75) is 26.7 Å². The molecule has 0 saturated heterocycles. The molecular weight excluding hydrogens is 278 g/mol.